The number of hydrogen-bond donors (Lipinski definition) is 2. The van der Waals surface area contributed by atoms with Gasteiger partial charge in [-0.3, -0.25) is 0 Å². The molecule has 0 spiro atoms. The van der Waals surface area contributed by atoms with Crippen LogP contribution in [0.15, 0.2) is 27.8 Å². The molecule has 1 rings (SSSR count). The van der Waals surface area contributed by atoms with Crippen molar-refractivity contribution in [3.05, 3.63) is 28.2 Å². The van der Waals surface area contributed by atoms with Crippen molar-refractivity contribution < 1.29 is 9.94 Å². The molecule has 0 saturated heterocycles. The number of rotatable bonds is 4. The van der Waals surface area contributed by atoms with E-state index in [2.05, 4.69) is 34.9 Å². The Balaban J connectivity index is 3.11. The summed E-state index contributed by atoms with van der Waals surface area (Å²) in [6, 6.07) is 5.47. The average Bonchev–Trinajstić information content (AvgIpc) is 2.28. The van der Waals surface area contributed by atoms with Crippen LogP contribution in [0.5, 0.6) is 5.75 Å². The quantitative estimate of drug-likeness (QED) is 0.389. The lowest BCUT2D eigenvalue weighted by molar-refractivity contribution is 0.170. The number of nitrogens with two attached hydrogens (primary N) is 1. The Morgan fingerprint density at radius 2 is 2.06 bits per heavy atom. The van der Waals surface area contributed by atoms with E-state index in [-0.39, 0.29) is 11.9 Å². The molecule has 0 aromatic heterocycles. The number of oxime groups is 1. The summed E-state index contributed by atoms with van der Waals surface area (Å²) in [4.78, 5) is 0. The Hall–Kier alpha value is -1.23. The third-order valence-corrected chi connectivity index (χ3v) is 3.25. The van der Waals surface area contributed by atoms with Gasteiger partial charge in [0.15, 0.2) is 5.84 Å². The van der Waals surface area contributed by atoms with Gasteiger partial charge in [-0.25, -0.2) is 0 Å². The first-order chi connectivity index (χ1) is 7.97. The molecule has 0 bridgehead atoms. The van der Waals surface area contributed by atoms with E-state index in [0.29, 0.717) is 17.2 Å². The van der Waals surface area contributed by atoms with Crippen molar-refractivity contribution in [3.63, 3.8) is 0 Å². The summed E-state index contributed by atoms with van der Waals surface area (Å²) < 4.78 is 6.55. The molecule has 0 fully saturated rings. The molecule has 0 aliphatic heterocycles. The zero-order valence-corrected chi connectivity index (χ0v) is 11.7. The van der Waals surface area contributed by atoms with E-state index < -0.39 is 0 Å². The van der Waals surface area contributed by atoms with Gasteiger partial charge in [-0.05, 0) is 40.9 Å². The van der Waals surface area contributed by atoms with Crippen molar-refractivity contribution in [2.24, 2.45) is 16.8 Å². The topological polar surface area (TPSA) is 67.8 Å². The van der Waals surface area contributed by atoms with Gasteiger partial charge in [0.05, 0.1) is 11.7 Å². The molecule has 17 heavy (non-hydrogen) atoms. The molecule has 0 saturated carbocycles. The first kappa shape index (κ1) is 13.8. The fourth-order valence-electron chi connectivity index (χ4n) is 1.24. The van der Waals surface area contributed by atoms with E-state index in [1.807, 2.05) is 19.1 Å². The molecule has 0 aliphatic carbocycles. The number of hydrogen-bond acceptors (Lipinski definition) is 3. The van der Waals surface area contributed by atoms with Gasteiger partial charge in [0.25, 0.3) is 0 Å². The Kier molecular flexibility index (Phi) is 4.81. The van der Waals surface area contributed by atoms with Crippen LogP contribution in [0.2, 0.25) is 0 Å². The maximum Gasteiger partial charge on any atom is 0.174 e. The summed E-state index contributed by atoms with van der Waals surface area (Å²) in [5.41, 5.74) is 6.21. The minimum atomic E-state index is 0.0310. The monoisotopic (exact) mass is 300 g/mol. The van der Waals surface area contributed by atoms with E-state index >= 15 is 0 Å². The van der Waals surface area contributed by atoms with Crippen LogP contribution in [0.4, 0.5) is 0 Å². The third-order valence-electron chi connectivity index (χ3n) is 2.59. The van der Waals surface area contributed by atoms with Crippen LogP contribution in [0.25, 0.3) is 0 Å². The van der Waals surface area contributed by atoms with Crippen LogP contribution in [0, 0.1) is 5.92 Å². The highest BCUT2D eigenvalue weighted by Gasteiger charge is 2.16. The fraction of sp³-hybridized carbons (Fsp3) is 0.417. The average molecular weight is 301 g/mol. The van der Waals surface area contributed by atoms with Crippen molar-refractivity contribution in [2.75, 3.05) is 0 Å². The molecule has 94 valence electrons. The summed E-state index contributed by atoms with van der Waals surface area (Å²) in [7, 11) is 0. The van der Waals surface area contributed by atoms with Gasteiger partial charge in [0.2, 0.25) is 0 Å². The van der Waals surface area contributed by atoms with Crippen molar-refractivity contribution in [1.29, 1.82) is 0 Å². The molecule has 0 heterocycles. The first-order valence-corrected chi connectivity index (χ1v) is 6.19. The van der Waals surface area contributed by atoms with Crippen molar-refractivity contribution >= 4 is 21.8 Å². The molecule has 3 N–H and O–H groups in total. The predicted octanol–water partition coefficient (Wildman–Crippen LogP) is 2.97. The second kappa shape index (κ2) is 5.91. The highest BCUT2D eigenvalue weighted by Crippen LogP contribution is 2.28. The van der Waals surface area contributed by atoms with Crippen molar-refractivity contribution in [3.8, 4) is 5.75 Å². The number of halogens is 1. The maximum atomic E-state index is 8.77. The Labute approximate surface area is 110 Å². The number of nitrogens with zero attached hydrogens (tertiary/aromatic N) is 1. The third kappa shape index (κ3) is 3.36. The van der Waals surface area contributed by atoms with E-state index in [1.165, 1.54) is 0 Å². The number of amidine groups is 1. The Morgan fingerprint density at radius 3 is 2.59 bits per heavy atom. The van der Waals surface area contributed by atoms with Gasteiger partial charge in [0.1, 0.15) is 5.75 Å². The molecule has 1 atom stereocenters. The van der Waals surface area contributed by atoms with Gasteiger partial charge in [0, 0.05) is 4.47 Å². The van der Waals surface area contributed by atoms with Gasteiger partial charge < -0.3 is 15.7 Å². The summed E-state index contributed by atoms with van der Waals surface area (Å²) in [6.45, 7) is 6.14. The zero-order chi connectivity index (χ0) is 13.0. The van der Waals surface area contributed by atoms with Crippen LogP contribution in [-0.4, -0.2) is 17.1 Å². The summed E-state index contributed by atoms with van der Waals surface area (Å²) in [5.74, 6) is 1.02. The zero-order valence-electron chi connectivity index (χ0n) is 10.1. The molecule has 1 unspecified atom stereocenters. The van der Waals surface area contributed by atoms with Gasteiger partial charge in [-0.1, -0.05) is 25.1 Å². The Bertz CT molecular complexity index is 419. The first-order valence-electron chi connectivity index (χ1n) is 5.40. The fourth-order valence-corrected chi connectivity index (χ4v) is 1.79. The molecule has 0 radical (unpaired) electrons. The van der Waals surface area contributed by atoms with Crippen molar-refractivity contribution in [2.45, 2.75) is 26.9 Å². The standard InChI is InChI=1S/C12H17BrN2O2/c1-7(2)8(3)17-10-6-4-5-9(13)11(10)12(14)15-16/h4-8,16H,1-3H3,(H2,14,15). The van der Waals surface area contributed by atoms with E-state index in [4.69, 9.17) is 15.7 Å². The molecular formula is C12H17BrN2O2. The van der Waals surface area contributed by atoms with E-state index in [1.54, 1.807) is 6.07 Å². The van der Waals surface area contributed by atoms with Gasteiger partial charge in [-0.2, -0.15) is 0 Å². The van der Waals surface area contributed by atoms with E-state index in [9.17, 15) is 0 Å². The summed E-state index contributed by atoms with van der Waals surface area (Å²) in [6.07, 6.45) is 0.0505. The van der Waals surface area contributed by atoms with Crippen molar-refractivity contribution in [1.82, 2.24) is 0 Å². The molecule has 1 aromatic rings. The second-order valence-electron chi connectivity index (χ2n) is 4.17. The van der Waals surface area contributed by atoms with Crippen LogP contribution in [0.3, 0.4) is 0 Å². The van der Waals surface area contributed by atoms with Crippen LogP contribution in [-0.2, 0) is 0 Å². The van der Waals surface area contributed by atoms with Crippen LogP contribution in [0.1, 0.15) is 26.3 Å². The molecule has 4 nitrogen and oxygen atoms in total. The summed E-state index contributed by atoms with van der Waals surface area (Å²) in [5, 5.41) is 11.8. The van der Waals surface area contributed by atoms with Gasteiger partial charge >= 0.3 is 0 Å². The minimum Gasteiger partial charge on any atom is -0.490 e. The highest BCUT2D eigenvalue weighted by molar-refractivity contribution is 9.10. The molecule has 0 amide bonds. The minimum absolute atomic E-state index is 0.0310. The molecule has 1 aromatic carbocycles. The van der Waals surface area contributed by atoms with Gasteiger partial charge in [-0.15, -0.1) is 0 Å². The Morgan fingerprint density at radius 1 is 1.41 bits per heavy atom. The summed E-state index contributed by atoms with van der Waals surface area (Å²) >= 11 is 3.36. The smallest absolute Gasteiger partial charge is 0.174 e. The lowest BCUT2D eigenvalue weighted by atomic mass is 10.1. The molecule has 0 aliphatic rings. The molecular weight excluding hydrogens is 284 g/mol. The normalized spacial score (nSPS) is 13.8. The lowest BCUT2D eigenvalue weighted by Gasteiger charge is -2.20. The maximum absolute atomic E-state index is 8.77. The SMILES string of the molecule is CC(C)C(C)Oc1cccc(Br)c1/C(N)=N/O. The lowest BCUT2D eigenvalue weighted by Crippen LogP contribution is -2.22. The largest absolute Gasteiger partial charge is 0.490 e. The number of benzene rings is 1. The second-order valence-corrected chi connectivity index (χ2v) is 5.02. The van der Waals surface area contributed by atoms with Crippen LogP contribution < -0.4 is 10.5 Å². The van der Waals surface area contributed by atoms with E-state index in [0.717, 1.165) is 4.47 Å². The van der Waals surface area contributed by atoms with Crippen LogP contribution >= 0.6 is 15.9 Å². The highest BCUT2D eigenvalue weighted by atomic mass is 79.9. The molecule has 5 heteroatoms. The predicted molar refractivity (Wildman–Crippen MR) is 71.6 cm³/mol. The number of ether oxygens (including phenoxy) is 1.